The van der Waals surface area contributed by atoms with Crippen LogP contribution in [0.2, 0.25) is 0 Å². The number of carbonyl (C=O) groups is 1. The molecule has 7 nitrogen and oxygen atoms in total. The lowest BCUT2D eigenvalue weighted by atomic mass is 10.0. The molecule has 0 radical (unpaired) electrons. The molecule has 2 atom stereocenters. The number of aromatic nitrogens is 1. The van der Waals surface area contributed by atoms with Gasteiger partial charge in [-0.15, -0.1) is 0 Å². The van der Waals surface area contributed by atoms with E-state index in [-0.39, 0.29) is 16.7 Å². The predicted octanol–water partition coefficient (Wildman–Crippen LogP) is -0.224. The van der Waals surface area contributed by atoms with E-state index in [2.05, 4.69) is 4.72 Å². The van der Waals surface area contributed by atoms with Crippen molar-refractivity contribution in [1.29, 1.82) is 0 Å². The van der Waals surface area contributed by atoms with Crippen molar-refractivity contribution in [3.05, 3.63) is 18.0 Å². The van der Waals surface area contributed by atoms with E-state index in [0.717, 1.165) is 6.42 Å². The van der Waals surface area contributed by atoms with Gasteiger partial charge < -0.3 is 14.6 Å². The number of aliphatic hydroxyl groups excluding tert-OH is 1. The lowest BCUT2D eigenvalue weighted by molar-refractivity contribution is 0.0753. The predicted molar refractivity (Wildman–Crippen MR) is 77.3 cm³/mol. The third-order valence-corrected chi connectivity index (χ3v) is 5.35. The third-order valence-electron chi connectivity index (χ3n) is 3.97. The van der Waals surface area contributed by atoms with Crippen LogP contribution in [0.15, 0.2) is 17.2 Å². The van der Waals surface area contributed by atoms with Crippen molar-refractivity contribution in [2.75, 3.05) is 20.1 Å². The summed E-state index contributed by atoms with van der Waals surface area (Å²) in [5.41, 5.74) is 0.329. The largest absolute Gasteiger partial charge is 0.393 e. The van der Waals surface area contributed by atoms with Gasteiger partial charge in [-0.25, -0.2) is 13.1 Å². The van der Waals surface area contributed by atoms with Crippen molar-refractivity contribution in [2.24, 2.45) is 13.0 Å². The van der Waals surface area contributed by atoms with E-state index in [1.807, 2.05) is 0 Å². The molecule has 1 aromatic heterocycles. The van der Waals surface area contributed by atoms with Gasteiger partial charge in [0.05, 0.1) is 6.10 Å². The van der Waals surface area contributed by atoms with Gasteiger partial charge in [0.15, 0.2) is 0 Å². The van der Waals surface area contributed by atoms with Gasteiger partial charge in [0.1, 0.15) is 10.6 Å². The van der Waals surface area contributed by atoms with Gasteiger partial charge >= 0.3 is 0 Å². The SMILES string of the molecule is CNS(=O)(=O)c1cc(C(=O)N2CCC(C(C)O)C2)n(C)c1. The first-order chi connectivity index (χ1) is 9.76. The average Bonchev–Trinajstić information content (AvgIpc) is 3.04. The molecule has 2 unspecified atom stereocenters. The third kappa shape index (κ3) is 3.12. The van der Waals surface area contributed by atoms with Gasteiger partial charge in [0.25, 0.3) is 5.91 Å². The van der Waals surface area contributed by atoms with Crippen molar-refractivity contribution in [2.45, 2.75) is 24.3 Å². The van der Waals surface area contributed by atoms with Crippen LogP contribution in [0.3, 0.4) is 0 Å². The van der Waals surface area contributed by atoms with E-state index in [0.29, 0.717) is 18.8 Å². The Morgan fingerprint density at radius 1 is 1.52 bits per heavy atom. The van der Waals surface area contributed by atoms with Gasteiger partial charge in [0.2, 0.25) is 10.0 Å². The maximum Gasteiger partial charge on any atom is 0.270 e. The number of hydrogen-bond donors (Lipinski definition) is 2. The van der Waals surface area contributed by atoms with E-state index in [4.69, 9.17) is 0 Å². The summed E-state index contributed by atoms with van der Waals surface area (Å²) >= 11 is 0. The maximum absolute atomic E-state index is 12.5. The van der Waals surface area contributed by atoms with Crippen LogP contribution < -0.4 is 4.72 Å². The van der Waals surface area contributed by atoms with Crippen LogP contribution >= 0.6 is 0 Å². The molecule has 1 aromatic rings. The number of carbonyl (C=O) groups excluding carboxylic acids is 1. The van der Waals surface area contributed by atoms with E-state index >= 15 is 0 Å². The first kappa shape index (κ1) is 16.0. The number of aliphatic hydroxyl groups is 1. The van der Waals surface area contributed by atoms with Crippen molar-refractivity contribution < 1.29 is 18.3 Å². The molecular formula is C13H21N3O4S. The Balaban J connectivity index is 2.21. The summed E-state index contributed by atoms with van der Waals surface area (Å²) in [6.45, 7) is 2.79. The zero-order valence-corrected chi connectivity index (χ0v) is 13.2. The van der Waals surface area contributed by atoms with Crippen LogP contribution in [0.1, 0.15) is 23.8 Å². The van der Waals surface area contributed by atoms with E-state index in [1.165, 1.54) is 23.9 Å². The molecule has 0 aliphatic carbocycles. The van der Waals surface area contributed by atoms with Crippen molar-refractivity contribution in [1.82, 2.24) is 14.2 Å². The minimum absolute atomic E-state index is 0.0714. The molecular weight excluding hydrogens is 294 g/mol. The number of nitrogens with zero attached hydrogens (tertiary/aromatic N) is 2. The highest BCUT2D eigenvalue weighted by atomic mass is 32.2. The first-order valence-corrected chi connectivity index (χ1v) is 8.32. The summed E-state index contributed by atoms with van der Waals surface area (Å²) in [4.78, 5) is 14.2. The Bertz CT molecular complexity index is 636. The molecule has 2 rings (SSSR count). The molecule has 2 heterocycles. The summed E-state index contributed by atoms with van der Waals surface area (Å²) < 4.78 is 27.3. The molecule has 1 aliphatic heterocycles. The topological polar surface area (TPSA) is 91.6 Å². The Morgan fingerprint density at radius 3 is 2.71 bits per heavy atom. The van der Waals surface area contributed by atoms with Crippen LogP contribution in [-0.4, -0.2) is 55.1 Å². The molecule has 1 fully saturated rings. The fourth-order valence-electron chi connectivity index (χ4n) is 2.54. The number of nitrogens with one attached hydrogen (secondary N) is 1. The fourth-order valence-corrected chi connectivity index (χ4v) is 3.34. The maximum atomic E-state index is 12.5. The smallest absolute Gasteiger partial charge is 0.270 e. The Hall–Kier alpha value is -1.38. The Morgan fingerprint density at radius 2 is 2.19 bits per heavy atom. The molecule has 0 saturated carbocycles. The van der Waals surface area contributed by atoms with Gasteiger partial charge in [-0.3, -0.25) is 4.79 Å². The van der Waals surface area contributed by atoms with E-state index in [9.17, 15) is 18.3 Å². The zero-order valence-electron chi connectivity index (χ0n) is 12.4. The Labute approximate surface area is 124 Å². The lowest BCUT2D eigenvalue weighted by Gasteiger charge is -2.17. The molecule has 1 amide bonds. The minimum atomic E-state index is -3.56. The Kier molecular flexibility index (Phi) is 4.40. The molecule has 8 heteroatoms. The molecule has 21 heavy (non-hydrogen) atoms. The molecule has 0 aromatic carbocycles. The van der Waals surface area contributed by atoms with Crippen LogP contribution in [0.4, 0.5) is 0 Å². The lowest BCUT2D eigenvalue weighted by Crippen LogP contribution is -2.31. The van der Waals surface area contributed by atoms with Gasteiger partial charge in [0, 0.05) is 32.3 Å². The fraction of sp³-hybridized carbons (Fsp3) is 0.615. The van der Waals surface area contributed by atoms with Crippen LogP contribution in [0, 0.1) is 5.92 Å². The normalized spacial score (nSPS) is 20.8. The number of amides is 1. The number of sulfonamides is 1. The number of aryl methyl sites for hydroxylation is 1. The van der Waals surface area contributed by atoms with Crippen LogP contribution in [-0.2, 0) is 17.1 Å². The summed E-state index contributed by atoms with van der Waals surface area (Å²) in [5.74, 6) is -0.132. The minimum Gasteiger partial charge on any atom is -0.393 e. The first-order valence-electron chi connectivity index (χ1n) is 6.83. The standard InChI is InChI=1S/C13H21N3O4S/c1-9(17)10-4-5-16(7-10)13(18)12-6-11(8-15(12)3)21(19,20)14-2/h6,8-10,14,17H,4-5,7H2,1-3H3. The van der Waals surface area contributed by atoms with Gasteiger partial charge in [-0.2, -0.15) is 0 Å². The van der Waals surface area contributed by atoms with Gasteiger partial charge in [-0.05, 0) is 26.5 Å². The van der Waals surface area contributed by atoms with Crippen LogP contribution in [0.25, 0.3) is 0 Å². The molecule has 2 N–H and O–H groups in total. The van der Waals surface area contributed by atoms with Crippen molar-refractivity contribution in [3.63, 3.8) is 0 Å². The highest BCUT2D eigenvalue weighted by Gasteiger charge is 2.31. The highest BCUT2D eigenvalue weighted by molar-refractivity contribution is 7.89. The van der Waals surface area contributed by atoms with E-state index in [1.54, 1.807) is 18.9 Å². The van der Waals surface area contributed by atoms with Crippen molar-refractivity contribution in [3.8, 4) is 0 Å². The van der Waals surface area contributed by atoms with Crippen LogP contribution in [0.5, 0.6) is 0 Å². The average molecular weight is 315 g/mol. The van der Waals surface area contributed by atoms with E-state index < -0.39 is 16.1 Å². The van der Waals surface area contributed by atoms with Crippen molar-refractivity contribution >= 4 is 15.9 Å². The summed E-state index contributed by atoms with van der Waals surface area (Å²) in [5, 5.41) is 9.59. The summed E-state index contributed by atoms with van der Waals surface area (Å²) in [7, 11) is -0.589. The summed E-state index contributed by atoms with van der Waals surface area (Å²) in [6.07, 6.45) is 1.73. The highest BCUT2D eigenvalue weighted by Crippen LogP contribution is 2.22. The molecule has 1 saturated heterocycles. The zero-order chi connectivity index (χ0) is 15.8. The number of hydrogen-bond acceptors (Lipinski definition) is 4. The summed E-state index contributed by atoms with van der Waals surface area (Å²) in [6, 6.07) is 1.38. The quantitative estimate of drug-likeness (QED) is 0.803. The number of rotatable bonds is 4. The second-order valence-electron chi connectivity index (χ2n) is 5.42. The van der Waals surface area contributed by atoms with Gasteiger partial charge in [-0.1, -0.05) is 0 Å². The molecule has 0 spiro atoms. The molecule has 0 bridgehead atoms. The monoisotopic (exact) mass is 315 g/mol. The number of likely N-dealkylation sites (tertiary alicyclic amines) is 1. The molecule has 118 valence electrons. The molecule has 1 aliphatic rings. The second-order valence-corrected chi connectivity index (χ2v) is 7.31. The second kappa shape index (κ2) is 5.78.